The van der Waals surface area contributed by atoms with E-state index in [0.29, 0.717) is 6.04 Å². The van der Waals surface area contributed by atoms with E-state index in [9.17, 15) is 0 Å². The first kappa shape index (κ1) is 13.7. The van der Waals surface area contributed by atoms with Crippen molar-refractivity contribution in [3.05, 3.63) is 36.0 Å². The summed E-state index contributed by atoms with van der Waals surface area (Å²) < 4.78 is 0. The monoisotopic (exact) mass is 271 g/mol. The van der Waals surface area contributed by atoms with Gasteiger partial charge in [0.05, 0.1) is 0 Å². The molecular formula is C17H25N3. The third-order valence-electron chi connectivity index (χ3n) is 4.43. The van der Waals surface area contributed by atoms with Crippen LogP contribution in [0.3, 0.4) is 0 Å². The highest BCUT2D eigenvalue weighted by Crippen LogP contribution is 2.18. The van der Waals surface area contributed by atoms with Crippen molar-refractivity contribution in [2.75, 3.05) is 19.6 Å². The second-order valence-corrected chi connectivity index (χ2v) is 6.27. The number of aromatic nitrogens is 1. The zero-order chi connectivity index (χ0) is 13.9. The van der Waals surface area contributed by atoms with Crippen molar-refractivity contribution in [2.24, 2.45) is 5.92 Å². The van der Waals surface area contributed by atoms with Crippen LogP contribution >= 0.6 is 0 Å². The third kappa shape index (κ3) is 3.05. The van der Waals surface area contributed by atoms with Gasteiger partial charge in [0.25, 0.3) is 0 Å². The van der Waals surface area contributed by atoms with Crippen LogP contribution in [0.5, 0.6) is 0 Å². The largest absolute Gasteiger partial charge is 0.361 e. The first-order valence-corrected chi connectivity index (χ1v) is 7.73. The summed E-state index contributed by atoms with van der Waals surface area (Å²) in [6.45, 7) is 9.20. The van der Waals surface area contributed by atoms with Crippen LogP contribution in [-0.4, -0.2) is 35.6 Å². The maximum Gasteiger partial charge on any atom is 0.0457 e. The van der Waals surface area contributed by atoms with Crippen molar-refractivity contribution in [1.82, 2.24) is 15.2 Å². The minimum absolute atomic E-state index is 0.690. The van der Waals surface area contributed by atoms with Gasteiger partial charge in [-0.1, -0.05) is 12.1 Å². The lowest BCUT2D eigenvalue weighted by atomic mass is 10.1. The standard InChI is InChI=1S/C17H25N3/c1-13(2)20-8-6-15(12-20)11-18-10-14-3-4-16-5-7-19-17(16)9-14/h3-5,7,9,13,15,18-19H,6,8,10-12H2,1-2H3. The SMILES string of the molecule is CC(C)N1CCC(CNCc2ccc3cc[nH]c3c2)C1. The summed E-state index contributed by atoms with van der Waals surface area (Å²) in [5, 5.41) is 4.91. The van der Waals surface area contributed by atoms with Crippen LogP contribution in [0, 0.1) is 5.92 Å². The molecule has 1 atom stereocenters. The predicted molar refractivity (Wildman–Crippen MR) is 84.8 cm³/mol. The molecule has 1 saturated heterocycles. The Morgan fingerprint density at radius 2 is 2.25 bits per heavy atom. The van der Waals surface area contributed by atoms with Gasteiger partial charge in [-0.3, -0.25) is 0 Å². The number of hydrogen-bond acceptors (Lipinski definition) is 2. The van der Waals surface area contributed by atoms with E-state index in [1.165, 1.54) is 36.0 Å². The van der Waals surface area contributed by atoms with E-state index in [1.807, 2.05) is 6.20 Å². The van der Waals surface area contributed by atoms with Gasteiger partial charge in [0, 0.05) is 30.8 Å². The molecule has 20 heavy (non-hydrogen) atoms. The average Bonchev–Trinajstić information content (AvgIpc) is 3.06. The highest BCUT2D eigenvalue weighted by atomic mass is 15.2. The van der Waals surface area contributed by atoms with Crippen molar-refractivity contribution in [2.45, 2.75) is 32.9 Å². The molecule has 0 amide bonds. The normalized spacial score (nSPS) is 20.2. The third-order valence-corrected chi connectivity index (χ3v) is 4.43. The Balaban J connectivity index is 1.48. The van der Waals surface area contributed by atoms with Crippen LogP contribution in [0.4, 0.5) is 0 Å². The molecule has 108 valence electrons. The fourth-order valence-electron chi connectivity index (χ4n) is 3.12. The highest BCUT2D eigenvalue weighted by Gasteiger charge is 2.23. The smallest absolute Gasteiger partial charge is 0.0457 e. The molecule has 3 heteroatoms. The molecule has 0 radical (unpaired) electrons. The topological polar surface area (TPSA) is 31.1 Å². The molecule has 1 aliphatic heterocycles. The Morgan fingerprint density at radius 3 is 3.05 bits per heavy atom. The molecule has 0 bridgehead atoms. The molecule has 3 nitrogen and oxygen atoms in total. The Kier molecular flexibility index (Phi) is 4.08. The van der Waals surface area contributed by atoms with Gasteiger partial charge in [-0.25, -0.2) is 0 Å². The van der Waals surface area contributed by atoms with Gasteiger partial charge in [0.1, 0.15) is 0 Å². The zero-order valence-corrected chi connectivity index (χ0v) is 12.5. The number of fused-ring (bicyclic) bond motifs is 1. The van der Waals surface area contributed by atoms with Gasteiger partial charge in [0.2, 0.25) is 0 Å². The molecule has 1 aromatic heterocycles. The Morgan fingerprint density at radius 1 is 1.35 bits per heavy atom. The molecular weight excluding hydrogens is 246 g/mol. The van der Waals surface area contributed by atoms with Gasteiger partial charge in [-0.05, 0) is 62.4 Å². The molecule has 1 aliphatic rings. The number of nitrogens with one attached hydrogen (secondary N) is 2. The first-order valence-electron chi connectivity index (χ1n) is 7.73. The van der Waals surface area contributed by atoms with Crippen molar-refractivity contribution < 1.29 is 0 Å². The quantitative estimate of drug-likeness (QED) is 0.876. The molecule has 1 fully saturated rings. The number of H-pyrrole nitrogens is 1. The van der Waals surface area contributed by atoms with Crippen LogP contribution in [0.2, 0.25) is 0 Å². The molecule has 2 N–H and O–H groups in total. The number of benzene rings is 1. The van der Waals surface area contributed by atoms with E-state index < -0.39 is 0 Å². The summed E-state index contributed by atoms with van der Waals surface area (Å²) in [4.78, 5) is 5.86. The molecule has 2 heterocycles. The Labute approximate surface area is 121 Å². The summed E-state index contributed by atoms with van der Waals surface area (Å²) in [7, 11) is 0. The first-order chi connectivity index (χ1) is 9.72. The summed E-state index contributed by atoms with van der Waals surface area (Å²) >= 11 is 0. The maximum absolute atomic E-state index is 3.62. The van der Waals surface area contributed by atoms with E-state index in [1.54, 1.807) is 0 Å². The van der Waals surface area contributed by atoms with Gasteiger partial charge >= 0.3 is 0 Å². The lowest BCUT2D eigenvalue weighted by Gasteiger charge is -2.20. The molecule has 0 spiro atoms. The molecule has 3 rings (SSSR count). The Bertz CT molecular complexity index is 558. The summed E-state index contributed by atoms with van der Waals surface area (Å²) in [5.74, 6) is 0.812. The van der Waals surface area contributed by atoms with Crippen LogP contribution < -0.4 is 5.32 Å². The van der Waals surface area contributed by atoms with Crippen molar-refractivity contribution in [1.29, 1.82) is 0 Å². The van der Waals surface area contributed by atoms with Crippen LogP contribution in [-0.2, 0) is 6.54 Å². The van der Waals surface area contributed by atoms with Crippen LogP contribution in [0.25, 0.3) is 10.9 Å². The molecule has 1 aromatic carbocycles. The highest BCUT2D eigenvalue weighted by molar-refractivity contribution is 5.79. The minimum Gasteiger partial charge on any atom is -0.361 e. The number of hydrogen-bond donors (Lipinski definition) is 2. The second kappa shape index (κ2) is 5.98. The van der Waals surface area contributed by atoms with Gasteiger partial charge in [-0.2, -0.15) is 0 Å². The van der Waals surface area contributed by atoms with E-state index in [2.05, 4.69) is 53.3 Å². The lowest BCUT2D eigenvalue weighted by Crippen LogP contribution is -2.30. The average molecular weight is 271 g/mol. The van der Waals surface area contributed by atoms with Crippen molar-refractivity contribution in [3.8, 4) is 0 Å². The van der Waals surface area contributed by atoms with E-state index in [-0.39, 0.29) is 0 Å². The summed E-state index contributed by atoms with van der Waals surface area (Å²) in [5.41, 5.74) is 2.59. The number of aromatic amines is 1. The predicted octanol–water partition coefficient (Wildman–Crippen LogP) is 2.99. The minimum atomic E-state index is 0.690. The van der Waals surface area contributed by atoms with Gasteiger partial charge in [-0.15, -0.1) is 0 Å². The molecule has 0 aliphatic carbocycles. The molecule has 2 aromatic rings. The zero-order valence-electron chi connectivity index (χ0n) is 12.5. The molecule has 1 unspecified atom stereocenters. The van der Waals surface area contributed by atoms with E-state index >= 15 is 0 Å². The molecule has 0 saturated carbocycles. The summed E-state index contributed by atoms with van der Waals surface area (Å²) in [6.07, 6.45) is 3.34. The number of nitrogens with zero attached hydrogens (tertiary/aromatic N) is 1. The van der Waals surface area contributed by atoms with E-state index in [0.717, 1.165) is 19.0 Å². The number of likely N-dealkylation sites (tertiary alicyclic amines) is 1. The van der Waals surface area contributed by atoms with Crippen molar-refractivity contribution in [3.63, 3.8) is 0 Å². The van der Waals surface area contributed by atoms with Gasteiger partial charge in [0.15, 0.2) is 0 Å². The van der Waals surface area contributed by atoms with Crippen molar-refractivity contribution >= 4 is 10.9 Å². The fraction of sp³-hybridized carbons (Fsp3) is 0.529. The maximum atomic E-state index is 3.62. The Hall–Kier alpha value is -1.32. The van der Waals surface area contributed by atoms with Gasteiger partial charge < -0.3 is 15.2 Å². The van der Waals surface area contributed by atoms with Crippen LogP contribution in [0.15, 0.2) is 30.5 Å². The van der Waals surface area contributed by atoms with Crippen LogP contribution in [0.1, 0.15) is 25.8 Å². The second-order valence-electron chi connectivity index (χ2n) is 6.27. The van der Waals surface area contributed by atoms with E-state index in [4.69, 9.17) is 0 Å². The lowest BCUT2D eigenvalue weighted by molar-refractivity contribution is 0.264. The summed E-state index contributed by atoms with van der Waals surface area (Å²) in [6, 6.07) is 9.47. The number of rotatable bonds is 5. The fourth-order valence-corrected chi connectivity index (χ4v) is 3.12.